The van der Waals surface area contributed by atoms with Gasteiger partial charge in [-0.25, -0.2) is 0 Å². The zero-order chi connectivity index (χ0) is 10.7. The summed E-state index contributed by atoms with van der Waals surface area (Å²) in [5, 5.41) is 0.716. The van der Waals surface area contributed by atoms with Crippen LogP contribution in [-0.4, -0.2) is 4.98 Å². The molecule has 0 atom stereocenters. The van der Waals surface area contributed by atoms with Crippen molar-refractivity contribution in [3.05, 3.63) is 53.3 Å². The lowest BCUT2D eigenvalue weighted by Crippen LogP contribution is -1.98. The van der Waals surface area contributed by atoms with Crippen LogP contribution >= 0.6 is 11.6 Å². The summed E-state index contributed by atoms with van der Waals surface area (Å²) in [4.78, 5) is 3.99. The zero-order valence-corrected chi connectivity index (χ0v) is 8.91. The van der Waals surface area contributed by atoms with E-state index in [2.05, 4.69) is 4.98 Å². The SMILES string of the molecule is NCc1cc(Cl)ccc1-c1ccncc1. The highest BCUT2D eigenvalue weighted by Gasteiger charge is 2.03. The Morgan fingerprint density at radius 3 is 2.53 bits per heavy atom. The predicted molar refractivity (Wildman–Crippen MR) is 62.6 cm³/mol. The number of rotatable bonds is 2. The Labute approximate surface area is 93.7 Å². The second-order valence-electron chi connectivity index (χ2n) is 3.24. The third kappa shape index (κ3) is 2.17. The highest BCUT2D eigenvalue weighted by molar-refractivity contribution is 6.30. The first kappa shape index (κ1) is 10.1. The van der Waals surface area contributed by atoms with Crippen molar-refractivity contribution < 1.29 is 0 Å². The van der Waals surface area contributed by atoms with Gasteiger partial charge in [-0.15, -0.1) is 0 Å². The van der Waals surface area contributed by atoms with Crippen LogP contribution in [0.5, 0.6) is 0 Å². The summed E-state index contributed by atoms with van der Waals surface area (Å²) in [7, 11) is 0. The van der Waals surface area contributed by atoms with Gasteiger partial charge < -0.3 is 5.73 Å². The van der Waals surface area contributed by atoms with Crippen molar-refractivity contribution in [1.82, 2.24) is 4.98 Å². The Balaban J connectivity index is 2.53. The van der Waals surface area contributed by atoms with Gasteiger partial charge >= 0.3 is 0 Å². The van der Waals surface area contributed by atoms with Crippen LogP contribution in [0.3, 0.4) is 0 Å². The molecule has 2 rings (SSSR count). The number of nitrogens with two attached hydrogens (primary N) is 1. The van der Waals surface area contributed by atoms with Gasteiger partial charge in [-0.05, 0) is 41.0 Å². The molecule has 2 aromatic rings. The van der Waals surface area contributed by atoms with E-state index in [1.54, 1.807) is 12.4 Å². The van der Waals surface area contributed by atoms with E-state index in [1.165, 1.54) is 0 Å². The van der Waals surface area contributed by atoms with E-state index in [0.717, 1.165) is 16.7 Å². The normalized spacial score (nSPS) is 10.3. The van der Waals surface area contributed by atoms with E-state index in [1.807, 2.05) is 30.3 Å². The molecule has 0 aliphatic carbocycles. The minimum absolute atomic E-state index is 0.484. The van der Waals surface area contributed by atoms with Gasteiger partial charge in [-0.2, -0.15) is 0 Å². The van der Waals surface area contributed by atoms with Crippen LogP contribution < -0.4 is 5.73 Å². The number of hydrogen-bond donors (Lipinski definition) is 1. The van der Waals surface area contributed by atoms with Gasteiger partial charge in [0, 0.05) is 24.0 Å². The standard InChI is InChI=1S/C12H11ClN2/c13-11-1-2-12(10(7-11)8-14)9-3-5-15-6-4-9/h1-7H,8,14H2. The van der Waals surface area contributed by atoms with Crippen LogP contribution in [0.15, 0.2) is 42.7 Å². The lowest BCUT2D eigenvalue weighted by molar-refractivity contribution is 1.07. The van der Waals surface area contributed by atoms with Gasteiger partial charge in [0.15, 0.2) is 0 Å². The van der Waals surface area contributed by atoms with Gasteiger partial charge in [0.2, 0.25) is 0 Å². The molecule has 0 spiro atoms. The number of hydrogen-bond acceptors (Lipinski definition) is 2. The molecule has 0 fully saturated rings. The fraction of sp³-hybridized carbons (Fsp3) is 0.0833. The molecule has 0 bridgehead atoms. The van der Waals surface area contributed by atoms with E-state index in [0.29, 0.717) is 11.6 Å². The largest absolute Gasteiger partial charge is 0.326 e. The first-order chi connectivity index (χ1) is 7.31. The summed E-state index contributed by atoms with van der Waals surface area (Å²) in [6.45, 7) is 0.484. The molecule has 2 nitrogen and oxygen atoms in total. The van der Waals surface area contributed by atoms with Gasteiger partial charge in [0.1, 0.15) is 0 Å². The molecule has 0 aliphatic rings. The van der Waals surface area contributed by atoms with Gasteiger partial charge in [0.05, 0.1) is 0 Å². The maximum atomic E-state index is 5.92. The van der Waals surface area contributed by atoms with Gasteiger partial charge in [0.25, 0.3) is 0 Å². The number of pyridine rings is 1. The van der Waals surface area contributed by atoms with Gasteiger partial charge in [-0.1, -0.05) is 17.7 Å². The molecule has 76 valence electrons. The molecule has 1 heterocycles. The summed E-state index contributed by atoms with van der Waals surface area (Å²) in [6, 6.07) is 9.68. The van der Waals surface area contributed by atoms with Crippen molar-refractivity contribution in [2.45, 2.75) is 6.54 Å². The second-order valence-corrected chi connectivity index (χ2v) is 3.68. The minimum atomic E-state index is 0.484. The molecule has 0 radical (unpaired) electrons. The first-order valence-electron chi connectivity index (χ1n) is 4.70. The maximum Gasteiger partial charge on any atom is 0.0409 e. The van der Waals surface area contributed by atoms with Crippen LogP contribution in [-0.2, 0) is 6.54 Å². The molecule has 0 unspecified atom stereocenters. The number of aromatic nitrogens is 1. The van der Waals surface area contributed by atoms with Crippen molar-refractivity contribution in [3.8, 4) is 11.1 Å². The molecular formula is C12H11ClN2. The number of benzene rings is 1. The average molecular weight is 219 g/mol. The van der Waals surface area contributed by atoms with E-state index in [-0.39, 0.29) is 0 Å². The first-order valence-corrected chi connectivity index (χ1v) is 5.08. The highest BCUT2D eigenvalue weighted by Crippen LogP contribution is 2.25. The second kappa shape index (κ2) is 4.43. The third-order valence-corrected chi connectivity index (χ3v) is 2.51. The summed E-state index contributed by atoms with van der Waals surface area (Å²) >= 11 is 5.92. The zero-order valence-electron chi connectivity index (χ0n) is 8.15. The van der Waals surface area contributed by atoms with Crippen molar-refractivity contribution in [2.24, 2.45) is 5.73 Å². The molecule has 3 heteroatoms. The fourth-order valence-corrected chi connectivity index (χ4v) is 1.74. The highest BCUT2D eigenvalue weighted by atomic mass is 35.5. The molecule has 0 saturated carbocycles. The Hall–Kier alpha value is -1.38. The van der Waals surface area contributed by atoms with Gasteiger partial charge in [-0.3, -0.25) is 4.98 Å². The van der Waals surface area contributed by atoms with Crippen molar-refractivity contribution in [2.75, 3.05) is 0 Å². The maximum absolute atomic E-state index is 5.92. The lowest BCUT2D eigenvalue weighted by Gasteiger charge is -2.07. The van der Waals surface area contributed by atoms with Crippen LogP contribution in [0.1, 0.15) is 5.56 Å². The summed E-state index contributed by atoms with van der Waals surface area (Å²) < 4.78 is 0. The molecule has 1 aromatic carbocycles. The number of nitrogens with zero attached hydrogens (tertiary/aromatic N) is 1. The van der Waals surface area contributed by atoms with E-state index in [4.69, 9.17) is 17.3 Å². The third-order valence-electron chi connectivity index (χ3n) is 2.28. The average Bonchev–Trinajstić information content (AvgIpc) is 2.30. The summed E-state index contributed by atoms with van der Waals surface area (Å²) in [5.74, 6) is 0. The Kier molecular flexibility index (Phi) is 2.99. The molecule has 1 aromatic heterocycles. The Morgan fingerprint density at radius 2 is 1.87 bits per heavy atom. The Morgan fingerprint density at radius 1 is 1.13 bits per heavy atom. The van der Waals surface area contributed by atoms with E-state index < -0.39 is 0 Å². The number of halogens is 1. The molecule has 0 saturated heterocycles. The minimum Gasteiger partial charge on any atom is -0.326 e. The topological polar surface area (TPSA) is 38.9 Å². The van der Waals surface area contributed by atoms with Crippen LogP contribution in [0, 0.1) is 0 Å². The monoisotopic (exact) mass is 218 g/mol. The van der Waals surface area contributed by atoms with Crippen LogP contribution in [0.2, 0.25) is 5.02 Å². The molecule has 2 N–H and O–H groups in total. The van der Waals surface area contributed by atoms with Crippen LogP contribution in [0.4, 0.5) is 0 Å². The molecule has 0 aliphatic heterocycles. The molecular weight excluding hydrogens is 208 g/mol. The quantitative estimate of drug-likeness (QED) is 0.842. The van der Waals surface area contributed by atoms with Crippen molar-refractivity contribution >= 4 is 11.6 Å². The molecule has 0 amide bonds. The summed E-state index contributed by atoms with van der Waals surface area (Å²) in [6.07, 6.45) is 3.54. The van der Waals surface area contributed by atoms with Crippen molar-refractivity contribution in [1.29, 1.82) is 0 Å². The van der Waals surface area contributed by atoms with Crippen molar-refractivity contribution in [3.63, 3.8) is 0 Å². The van der Waals surface area contributed by atoms with E-state index >= 15 is 0 Å². The predicted octanol–water partition coefficient (Wildman–Crippen LogP) is 2.86. The lowest BCUT2D eigenvalue weighted by atomic mass is 10.0. The molecule has 15 heavy (non-hydrogen) atoms. The van der Waals surface area contributed by atoms with E-state index in [9.17, 15) is 0 Å². The Bertz CT molecular complexity index is 454. The smallest absolute Gasteiger partial charge is 0.0409 e. The summed E-state index contributed by atoms with van der Waals surface area (Å²) in [5.41, 5.74) is 8.96. The fourth-order valence-electron chi connectivity index (χ4n) is 1.54. The van der Waals surface area contributed by atoms with Crippen LogP contribution in [0.25, 0.3) is 11.1 Å².